The first-order valence-electron chi connectivity index (χ1n) is 13.5. The molecule has 2 aromatic carbocycles. The number of carbonyl (C=O) groups excluding carboxylic acids is 6. The monoisotopic (exact) mass is 581 g/mol. The van der Waals surface area contributed by atoms with Gasteiger partial charge in [0, 0.05) is 12.0 Å². The number of rotatable bonds is 16. The van der Waals surface area contributed by atoms with Gasteiger partial charge in [-0.3, -0.25) is 28.8 Å². The lowest BCUT2D eigenvalue weighted by molar-refractivity contribution is -0.132. The summed E-state index contributed by atoms with van der Waals surface area (Å²) in [4.78, 5) is 73.3. The normalized spacial score (nSPS) is 12.9. The standard InChI is InChI=1S/C29H39N7O6/c1-17(2)12-22(27(32)40)36-29(42)23(14-18-6-4-3-5-7-18)35-25(38)16-33-24(37)15-34-28(41)21(30)13-19-8-10-20(11-9-19)26(31)39/h3-11,17,21-23H,12-16,30H2,1-2H3,(H2,31,39)(H2,32,40)(H,33,37)(H,34,41)(H,35,38)(H,36,42)/t21-,22-,23-/m0/s1. The summed E-state index contributed by atoms with van der Waals surface area (Å²) < 4.78 is 0. The van der Waals surface area contributed by atoms with E-state index in [4.69, 9.17) is 17.2 Å². The number of primary amides is 2. The second-order valence-electron chi connectivity index (χ2n) is 10.3. The van der Waals surface area contributed by atoms with E-state index in [1.807, 2.05) is 19.9 Å². The maximum Gasteiger partial charge on any atom is 0.248 e. The van der Waals surface area contributed by atoms with Crippen LogP contribution >= 0.6 is 0 Å². The highest BCUT2D eigenvalue weighted by molar-refractivity contribution is 5.94. The Balaban J connectivity index is 1.88. The Labute approximate surface area is 244 Å². The second-order valence-corrected chi connectivity index (χ2v) is 10.3. The molecule has 0 saturated heterocycles. The van der Waals surface area contributed by atoms with Gasteiger partial charge >= 0.3 is 0 Å². The van der Waals surface area contributed by atoms with E-state index < -0.39 is 66.7 Å². The van der Waals surface area contributed by atoms with Crippen molar-refractivity contribution in [1.29, 1.82) is 0 Å². The Kier molecular flexibility index (Phi) is 13.1. The van der Waals surface area contributed by atoms with Gasteiger partial charge in [-0.15, -0.1) is 0 Å². The van der Waals surface area contributed by atoms with Gasteiger partial charge in [-0.05, 0) is 42.0 Å². The Morgan fingerprint density at radius 2 is 1.29 bits per heavy atom. The van der Waals surface area contributed by atoms with Crippen molar-refractivity contribution in [3.63, 3.8) is 0 Å². The smallest absolute Gasteiger partial charge is 0.248 e. The molecule has 0 aliphatic heterocycles. The highest BCUT2D eigenvalue weighted by Gasteiger charge is 2.26. The number of hydrogen-bond donors (Lipinski definition) is 7. The van der Waals surface area contributed by atoms with E-state index in [1.54, 1.807) is 36.4 Å². The highest BCUT2D eigenvalue weighted by Crippen LogP contribution is 2.08. The summed E-state index contributed by atoms with van der Waals surface area (Å²) >= 11 is 0. The van der Waals surface area contributed by atoms with Crippen molar-refractivity contribution in [3.05, 3.63) is 71.3 Å². The third-order valence-corrected chi connectivity index (χ3v) is 6.20. The maximum atomic E-state index is 13.0. The van der Waals surface area contributed by atoms with Crippen LogP contribution in [0.1, 0.15) is 41.8 Å². The number of hydrogen-bond acceptors (Lipinski definition) is 7. The van der Waals surface area contributed by atoms with Crippen molar-refractivity contribution in [2.45, 2.75) is 51.2 Å². The van der Waals surface area contributed by atoms with Gasteiger partial charge in [0.05, 0.1) is 19.1 Å². The Hall–Kier alpha value is -4.78. The van der Waals surface area contributed by atoms with E-state index in [0.29, 0.717) is 17.5 Å². The first-order chi connectivity index (χ1) is 19.8. The average molecular weight is 582 g/mol. The average Bonchev–Trinajstić information content (AvgIpc) is 2.94. The predicted octanol–water partition coefficient (Wildman–Crippen LogP) is -1.37. The van der Waals surface area contributed by atoms with Crippen LogP contribution < -0.4 is 38.5 Å². The molecule has 0 aliphatic carbocycles. The summed E-state index contributed by atoms with van der Waals surface area (Å²) in [5, 5.41) is 9.98. The lowest BCUT2D eigenvalue weighted by Gasteiger charge is -2.23. The third-order valence-electron chi connectivity index (χ3n) is 6.20. The van der Waals surface area contributed by atoms with Gasteiger partial charge < -0.3 is 38.5 Å². The zero-order chi connectivity index (χ0) is 31.2. The summed E-state index contributed by atoms with van der Waals surface area (Å²) in [6, 6.07) is 12.4. The molecule has 0 fully saturated rings. The molecule has 0 unspecified atom stereocenters. The molecule has 6 amide bonds. The van der Waals surface area contributed by atoms with E-state index in [2.05, 4.69) is 21.3 Å². The molecule has 0 saturated carbocycles. The van der Waals surface area contributed by atoms with Gasteiger partial charge in [-0.1, -0.05) is 56.3 Å². The molecule has 0 spiro atoms. The van der Waals surface area contributed by atoms with E-state index in [9.17, 15) is 28.8 Å². The molecule has 226 valence electrons. The number of nitrogens with one attached hydrogen (secondary N) is 4. The molecule has 0 bridgehead atoms. The highest BCUT2D eigenvalue weighted by atomic mass is 16.2. The van der Waals surface area contributed by atoms with Crippen LogP contribution in [0.3, 0.4) is 0 Å². The summed E-state index contributed by atoms with van der Waals surface area (Å²) in [7, 11) is 0. The van der Waals surface area contributed by atoms with Crippen LogP contribution in [0.25, 0.3) is 0 Å². The topological polar surface area (TPSA) is 229 Å². The van der Waals surface area contributed by atoms with Crippen LogP contribution in [0.2, 0.25) is 0 Å². The van der Waals surface area contributed by atoms with Gasteiger partial charge in [0.15, 0.2) is 0 Å². The van der Waals surface area contributed by atoms with Crippen molar-refractivity contribution in [3.8, 4) is 0 Å². The second kappa shape index (κ2) is 16.5. The number of amides is 6. The van der Waals surface area contributed by atoms with Crippen molar-refractivity contribution in [2.24, 2.45) is 23.1 Å². The fraction of sp³-hybridized carbons (Fsp3) is 0.379. The molecular formula is C29H39N7O6. The summed E-state index contributed by atoms with van der Waals surface area (Å²) in [6.07, 6.45) is 0.631. The minimum Gasteiger partial charge on any atom is -0.368 e. The van der Waals surface area contributed by atoms with Gasteiger partial charge in [-0.2, -0.15) is 0 Å². The van der Waals surface area contributed by atoms with Gasteiger partial charge in [0.25, 0.3) is 0 Å². The van der Waals surface area contributed by atoms with Crippen molar-refractivity contribution in [1.82, 2.24) is 21.3 Å². The lowest BCUT2D eigenvalue weighted by Crippen LogP contribution is -2.55. The van der Waals surface area contributed by atoms with Gasteiger partial charge in [-0.25, -0.2) is 0 Å². The molecule has 42 heavy (non-hydrogen) atoms. The van der Waals surface area contributed by atoms with E-state index in [0.717, 1.165) is 5.56 Å². The molecule has 10 N–H and O–H groups in total. The molecule has 3 atom stereocenters. The van der Waals surface area contributed by atoms with E-state index >= 15 is 0 Å². The number of carbonyl (C=O) groups is 6. The van der Waals surface area contributed by atoms with Crippen LogP contribution in [0.15, 0.2) is 54.6 Å². The van der Waals surface area contributed by atoms with Crippen molar-refractivity contribution in [2.75, 3.05) is 13.1 Å². The summed E-state index contributed by atoms with van der Waals surface area (Å²) in [5.74, 6) is -3.64. The Morgan fingerprint density at radius 1 is 0.690 bits per heavy atom. The molecule has 2 aromatic rings. The zero-order valence-electron chi connectivity index (χ0n) is 23.7. The molecule has 13 nitrogen and oxygen atoms in total. The van der Waals surface area contributed by atoms with E-state index in [-0.39, 0.29) is 18.8 Å². The quantitative estimate of drug-likeness (QED) is 0.126. The van der Waals surface area contributed by atoms with Crippen LogP contribution in [-0.2, 0) is 36.8 Å². The van der Waals surface area contributed by atoms with Crippen LogP contribution in [-0.4, -0.2) is 66.7 Å². The molecule has 0 aromatic heterocycles. The maximum absolute atomic E-state index is 13.0. The van der Waals surface area contributed by atoms with Crippen molar-refractivity contribution < 1.29 is 28.8 Å². The van der Waals surface area contributed by atoms with Gasteiger partial charge in [0.1, 0.15) is 12.1 Å². The first-order valence-corrected chi connectivity index (χ1v) is 13.5. The lowest BCUT2D eigenvalue weighted by atomic mass is 10.0. The number of nitrogens with two attached hydrogens (primary N) is 3. The minimum absolute atomic E-state index is 0.0880. The molecule has 0 aliphatic rings. The Morgan fingerprint density at radius 3 is 1.86 bits per heavy atom. The fourth-order valence-corrected chi connectivity index (χ4v) is 3.99. The molecule has 0 heterocycles. The predicted molar refractivity (Wildman–Crippen MR) is 155 cm³/mol. The van der Waals surface area contributed by atoms with Crippen LogP contribution in [0, 0.1) is 5.92 Å². The van der Waals surface area contributed by atoms with E-state index in [1.165, 1.54) is 12.1 Å². The molecule has 13 heteroatoms. The summed E-state index contributed by atoms with van der Waals surface area (Å²) in [6.45, 7) is 2.88. The zero-order valence-corrected chi connectivity index (χ0v) is 23.7. The molecule has 2 rings (SSSR count). The summed E-state index contributed by atoms with van der Waals surface area (Å²) in [5.41, 5.74) is 18.4. The van der Waals surface area contributed by atoms with Crippen LogP contribution in [0.5, 0.6) is 0 Å². The SMILES string of the molecule is CC(C)C[C@H](NC(=O)[C@H](Cc1ccccc1)NC(=O)CNC(=O)CNC(=O)[C@@H](N)Cc1ccc(C(N)=O)cc1)C(N)=O. The first kappa shape index (κ1) is 33.4. The van der Waals surface area contributed by atoms with Gasteiger partial charge in [0.2, 0.25) is 35.4 Å². The molecule has 0 radical (unpaired) electrons. The fourth-order valence-electron chi connectivity index (χ4n) is 3.99. The third kappa shape index (κ3) is 11.8. The van der Waals surface area contributed by atoms with Crippen LogP contribution in [0.4, 0.5) is 0 Å². The Bertz CT molecular complexity index is 1250. The molecular weight excluding hydrogens is 542 g/mol. The number of benzene rings is 2. The van der Waals surface area contributed by atoms with Crippen molar-refractivity contribution >= 4 is 35.4 Å². The largest absolute Gasteiger partial charge is 0.368 e. The minimum atomic E-state index is -1.04.